The van der Waals surface area contributed by atoms with Crippen LogP contribution in [0.4, 0.5) is 8.78 Å². The SMILES string of the molecule is CCCCC1CC=C(c2ccc(CC3CCCC3)c(F)c2F)CC1. The van der Waals surface area contributed by atoms with Crippen LogP contribution in [-0.2, 0) is 6.42 Å². The molecule has 24 heavy (non-hydrogen) atoms. The van der Waals surface area contributed by atoms with Gasteiger partial charge in [0, 0.05) is 5.56 Å². The first-order valence-corrected chi connectivity index (χ1v) is 9.85. The standard InChI is InChI=1S/C22H30F2/c1-2-3-6-16-9-11-18(12-10-16)20-14-13-19(21(23)22(20)24)15-17-7-4-5-8-17/h11,13-14,16-17H,2-10,12,15H2,1H3. The van der Waals surface area contributed by atoms with Crippen molar-refractivity contribution in [3.8, 4) is 0 Å². The Bertz CT molecular complexity index is 582. The molecule has 0 radical (unpaired) electrons. The van der Waals surface area contributed by atoms with Crippen molar-refractivity contribution in [1.82, 2.24) is 0 Å². The predicted octanol–water partition coefficient (Wildman–Crippen LogP) is 7.07. The van der Waals surface area contributed by atoms with E-state index in [1.54, 1.807) is 0 Å². The van der Waals surface area contributed by atoms with Crippen LogP contribution < -0.4 is 0 Å². The van der Waals surface area contributed by atoms with Crippen LogP contribution in [-0.4, -0.2) is 0 Å². The first-order valence-electron chi connectivity index (χ1n) is 9.85. The van der Waals surface area contributed by atoms with Crippen LogP contribution in [0.3, 0.4) is 0 Å². The summed E-state index contributed by atoms with van der Waals surface area (Å²) in [5, 5.41) is 0. The number of unbranched alkanes of at least 4 members (excludes halogenated alkanes) is 1. The minimum absolute atomic E-state index is 0.497. The molecule has 0 bridgehead atoms. The fraction of sp³-hybridized carbons (Fsp3) is 0.636. The van der Waals surface area contributed by atoms with Crippen molar-refractivity contribution in [2.24, 2.45) is 11.8 Å². The average molecular weight is 332 g/mol. The second-order valence-electron chi connectivity index (χ2n) is 7.77. The zero-order valence-electron chi connectivity index (χ0n) is 14.9. The molecule has 1 fully saturated rings. The van der Waals surface area contributed by atoms with Gasteiger partial charge in [-0.05, 0) is 48.7 Å². The smallest absolute Gasteiger partial charge is 0.166 e. The van der Waals surface area contributed by atoms with Gasteiger partial charge in [0.05, 0.1) is 0 Å². The molecular weight excluding hydrogens is 302 g/mol. The summed E-state index contributed by atoms with van der Waals surface area (Å²) in [5.41, 5.74) is 2.07. The second kappa shape index (κ2) is 8.27. The van der Waals surface area contributed by atoms with Gasteiger partial charge in [-0.1, -0.05) is 70.1 Å². The van der Waals surface area contributed by atoms with Gasteiger partial charge >= 0.3 is 0 Å². The van der Waals surface area contributed by atoms with E-state index in [1.165, 1.54) is 32.1 Å². The lowest BCUT2D eigenvalue weighted by atomic mass is 9.83. The summed E-state index contributed by atoms with van der Waals surface area (Å²) < 4.78 is 29.1. The normalized spacial score (nSPS) is 22.0. The summed E-state index contributed by atoms with van der Waals surface area (Å²) in [6, 6.07) is 3.65. The molecule has 0 amide bonds. The third-order valence-electron chi connectivity index (χ3n) is 5.98. The van der Waals surface area contributed by atoms with Crippen LogP contribution in [0, 0.1) is 23.5 Å². The van der Waals surface area contributed by atoms with E-state index in [0.717, 1.165) is 43.6 Å². The van der Waals surface area contributed by atoms with Crippen LogP contribution >= 0.6 is 0 Å². The summed E-state index contributed by atoms with van der Waals surface area (Å²) in [6.07, 6.45) is 14.4. The maximum Gasteiger partial charge on any atom is 0.166 e. The van der Waals surface area contributed by atoms with E-state index in [9.17, 15) is 8.78 Å². The maximum atomic E-state index is 14.6. The van der Waals surface area contributed by atoms with Crippen molar-refractivity contribution < 1.29 is 8.78 Å². The molecule has 0 heterocycles. The Morgan fingerprint density at radius 2 is 1.79 bits per heavy atom. The van der Waals surface area contributed by atoms with Gasteiger partial charge in [0.2, 0.25) is 0 Å². The van der Waals surface area contributed by atoms with E-state index in [4.69, 9.17) is 0 Å². The average Bonchev–Trinajstić information content (AvgIpc) is 3.11. The molecule has 0 aliphatic heterocycles. The lowest BCUT2D eigenvalue weighted by Gasteiger charge is -2.22. The highest BCUT2D eigenvalue weighted by Gasteiger charge is 2.22. The molecule has 3 rings (SSSR count). The van der Waals surface area contributed by atoms with Gasteiger partial charge in [-0.3, -0.25) is 0 Å². The van der Waals surface area contributed by atoms with Gasteiger partial charge < -0.3 is 0 Å². The summed E-state index contributed by atoms with van der Waals surface area (Å²) >= 11 is 0. The summed E-state index contributed by atoms with van der Waals surface area (Å²) in [6.45, 7) is 2.22. The third-order valence-corrected chi connectivity index (χ3v) is 5.98. The van der Waals surface area contributed by atoms with Crippen molar-refractivity contribution in [3.63, 3.8) is 0 Å². The lowest BCUT2D eigenvalue weighted by Crippen LogP contribution is -2.08. The highest BCUT2D eigenvalue weighted by atomic mass is 19.2. The molecule has 1 unspecified atom stereocenters. The number of benzene rings is 1. The van der Waals surface area contributed by atoms with Gasteiger partial charge in [-0.2, -0.15) is 0 Å². The summed E-state index contributed by atoms with van der Waals surface area (Å²) in [7, 11) is 0. The summed E-state index contributed by atoms with van der Waals surface area (Å²) in [5.74, 6) is 0.0402. The van der Waals surface area contributed by atoms with Gasteiger partial charge in [-0.15, -0.1) is 0 Å². The van der Waals surface area contributed by atoms with E-state index in [0.29, 0.717) is 23.5 Å². The maximum absolute atomic E-state index is 14.6. The molecule has 132 valence electrons. The van der Waals surface area contributed by atoms with Crippen molar-refractivity contribution in [1.29, 1.82) is 0 Å². The molecule has 0 N–H and O–H groups in total. The van der Waals surface area contributed by atoms with Crippen molar-refractivity contribution in [2.75, 3.05) is 0 Å². The van der Waals surface area contributed by atoms with Crippen LogP contribution in [0.25, 0.3) is 5.57 Å². The Balaban J connectivity index is 1.70. The Kier molecular flexibility index (Phi) is 6.08. The van der Waals surface area contributed by atoms with E-state index in [-0.39, 0.29) is 0 Å². The summed E-state index contributed by atoms with van der Waals surface area (Å²) in [4.78, 5) is 0. The monoisotopic (exact) mass is 332 g/mol. The molecule has 0 aromatic heterocycles. The molecule has 1 saturated carbocycles. The molecule has 1 aromatic rings. The Labute approximate surface area is 145 Å². The topological polar surface area (TPSA) is 0 Å². The van der Waals surface area contributed by atoms with E-state index < -0.39 is 11.6 Å². The molecule has 2 aliphatic rings. The van der Waals surface area contributed by atoms with Crippen LogP contribution in [0.15, 0.2) is 18.2 Å². The quantitative estimate of drug-likeness (QED) is 0.522. The van der Waals surface area contributed by atoms with Gasteiger partial charge in [0.15, 0.2) is 11.6 Å². The number of allylic oxidation sites excluding steroid dienone is 2. The van der Waals surface area contributed by atoms with Crippen LogP contribution in [0.1, 0.15) is 82.3 Å². The van der Waals surface area contributed by atoms with E-state index in [1.807, 2.05) is 12.1 Å². The molecule has 1 aromatic carbocycles. The molecule has 2 heteroatoms. The molecular formula is C22H30F2. The first-order chi connectivity index (χ1) is 11.7. The predicted molar refractivity (Wildman–Crippen MR) is 96.9 cm³/mol. The zero-order valence-corrected chi connectivity index (χ0v) is 14.9. The highest BCUT2D eigenvalue weighted by Crippen LogP contribution is 2.35. The first kappa shape index (κ1) is 17.6. The molecule has 1 atom stereocenters. The third kappa shape index (κ3) is 4.07. The molecule has 0 nitrogen and oxygen atoms in total. The van der Waals surface area contributed by atoms with Gasteiger partial charge in [0.25, 0.3) is 0 Å². The largest absolute Gasteiger partial charge is 0.203 e. The molecule has 2 aliphatic carbocycles. The second-order valence-corrected chi connectivity index (χ2v) is 7.77. The number of rotatable bonds is 6. The number of halogens is 2. The van der Waals surface area contributed by atoms with Crippen LogP contribution in [0.5, 0.6) is 0 Å². The molecule has 0 saturated heterocycles. The minimum atomic E-state index is -0.622. The van der Waals surface area contributed by atoms with Gasteiger partial charge in [-0.25, -0.2) is 8.78 Å². The highest BCUT2D eigenvalue weighted by molar-refractivity contribution is 5.67. The zero-order chi connectivity index (χ0) is 16.9. The van der Waals surface area contributed by atoms with Crippen molar-refractivity contribution in [2.45, 2.75) is 77.6 Å². The van der Waals surface area contributed by atoms with Crippen molar-refractivity contribution in [3.05, 3.63) is 41.0 Å². The minimum Gasteiger partial charge on any atom is -0.203 e. The van der Waals surface area contributed by atoms with Crippen LogP contribution in [0.2, 0.25) is 0 Å². The van der Waals surface area contributed by atoms with Gasteiger partial charge in [0.1, 0.15) is 0 Å². The number of hydrogen-bond acceptors (Lipinski definition) is 0. The number of hydrogen-bond donors (Lipinski definition) is 0. The Hall–Kier alpha value is -1.18. The fourth-order valence-electron chi connectivity index (χ4n) is 4.41. The fourth-order valence-corrected chi connectivity index (χ4v) is 4.41. The Morgan fingerprint density at radius 1 is 1.00 bits per heavy atom. The lowest BCUT2D eigenvalue weighted by molar-refractivity contribution is 0.432. The molecule has 0 spiro atoms. The van der Waals surface area contributed by atoms with Crippen molar-refractivity contribution >= 4 is 5.57 Å². The Morgan fingerprint density at radius 3 is 2.46 bits per heavy atom. The van der Waals surface area contributed by atoms with E-state index >= 15 is 0 Å². The van der Waals surface area contributed by atoms with E-state index in [2.05, 4.69) is 13.0 Å².